The highest BCUT2D eigenvalue weighted by Crippen LogP contribution is 2.18. The molecule has 1 rings (SSSR count). The average molecular weight is 514 g/mol. The molecule has 1 aromatic rings. The van der Waals surface area contributed by atoms with Crippen molar-refractivity contribution in [2.45, 2.75) is 34.6 Å². The van der Waals surface area contributed by atoms with Crippen molar-refractivity contribution < 1.29 is 52.4 Å². The van der Waals surface area contributed by atoms with Gasteiger partial charge in [-0.25, -0.2) is 0 Å². The highest BCUT2D eigenvalue weighted by Gasteiger charge is 2.18. The number of hydrogen-bond donors (Lipinski definition) is 0. The van der Waals surface area contributed by atoms with E-state index in [0.717, 1.165) is 53.8 Å². The standard InChI is InChI=1S/C19H38N4O2.2BrH/c1-8-22(6,9-2)12-14-24-18-16-17(5)19(21-20-18)25-15-13-23(7,10-3)11-4;;/h16H,8-15H2,1-7H3;2*1H/q+2;;/p-2. The molecule has 0 radical (unpaired) electrons. The Hall–Kier alpha value is -0.440. The van der Waals surface area contributed by atoms with Gasteiger partial charge in [0.05, 0.1) is 40.3 Å². The number of quaternary nitrogens is 2. The van der Waals surface area contributed by atoms with E-state index in [1.807, 2.05) is 13.0 Å². The fourth-order valence-corrected chi connectivity index (χ4v) is 2.48. The number of rotatable bonds is 12. The third-order valence-electron chi connectivity index (χ3n) is 5.72. The van der Waals surface area contributed by atoms with Crippen LogP contribution in [0.25, 0.3) is 0 Å². The molecule has 1 heterocycles. The second kappa shape index (κ2) is 13.7. The number of ether oxygens (including phenoxy) is 2. The number of hydrogen-bond acceptors (Lipinski definition) is 4. The van der Waals surface area contributed by atoms with E-state index in [0.29, 0.717) is 25.0 Å². The van der Waals surface area contributed by atoms with Gasteiger partial charge in [0.2, 0.25) is 11.8 Å². The lowest BCUT2D eigenvalue weighted by molar-refractivity contribution is -0.906. The maximum absolute atomic E-state index is 5.84. The Morgan fingerprint density at radius 2 is 1.22 bits per heavy atom. The molecular weight excluding hydrogens is 476 g/mol. The molecule has 6 nitrogen and oxygen atoms in total. The van der Waals surface area contributed by atoms with E-state index in [2.05, 4.69) is 52.0 Å². The van der Waals surface area contributed by atoms with E-state index in [1.165, 1.54) is 0 Å². The highest BCUT2D eigenvalue weighted by molar-refractivity contribution is 5.27. The topological polar surface area (TPSA) is 44.2 Å². The van der Waals surface area contributed by atoms with Crippen LogP contribution in [0.1, 0.15) is 33.3 Å². The number of nitrogens with zero attached hydrogens (tertiary/aromatic N) is 4. The van der Waals surface area contributed by atoms with Gasteiger partial charge in [0.25, 0.3) is 0 Å². The van der Waals surface area contributed by atoms with Crippen molar-refractivity contribution in [1.82, 2.24) is 10.2 Å². The zero-order valence-electron chi connectivity index (χ0n) is 18.1. The summed E-state index contributed by atoms with van der Waals surface area (Å²) in [7, 11) is 4.49. The van der Waals surface area contributed by atoms with Gasteiger partial charge in [-0.2, -0.15) is 0 Å². The lowest BCUT2D eigenvalue weighted by Crippen LogP contribution is -3.00. The first-order chi connectivity index (χ1) is 11.8. The largest absolute Gasteiger partial charge is 1.00 e. The first-order valence-corrected chi connectivity index (χ1v) is 9.58. The van der Waals surface area contributed by atoms with Gasteiger partial charge >= 0.3 is 0 Å². The minimum absolute atomic E-state index is 0. The molecule has 0 unspecified atom stereocenters. The highest BCUT2D eigenvalue weighted by atomic mass is 79.9. The van der Waals surface area contributed by atoms with Gasteiger partial charge in [-0.1, -0.05) is 0 Å². The van der Waals surface area contributed by atoms with Crippen LogP contribution in [0.2, 0.25) is 0 Å². The molecule has 0 aliphatic heterocycles. The van der Waals surface area contributed by atoms with Crippen molar-refractivity contribution in [3.8, 4) is 11.8 Å². The molecule has 0 spiro atoms. The molecule has 0 aromatic carbocycles. The van der Waals surface area contributed by atoms with E-state index >= 15 is 0 Å². The van der Waals surface area contributed by atoms with Crippen LogP contribution < -0.4 is 43.4 Å². The molecule has 0 saturated carbocycles. The van der Waals surface area contributed by atoms with Gasteiger partial charge in [-0.15, -0.1) is 10.2 Å². The Kier molecular flexibility index (Phi) is 14.6. The van der Waals surface area contributed by atoms with Crippen LogP contribution in [0, 0.1) is 6.92 Å². The SMILES string of the molecule is CC[N+](C)(CC)CCOc1cc(C)c(OCC[N+](C)(CC)CC)nn1.[Br-].[Br-]. The van der Waals surface area contributed by atoms with Crippen molar-refractivity contribution >= 4 is 0 Å². The number of aryl methyl sites for hydroxylation is 1. The molecule has 0 N–H and O–H groups in total. The van der Waals surface area contributed by atoms with Gasteiger partial charge in [-0.05, 0) is 34.6 Å². The fraction of sp³-hybridized carbons (Fsp3) is 0.789. The van der Waals surface area contributed by atoms with Crippen LogP contribution in [0.5, 0.6) is 11.8 Å². The maximum atomic E-state index is 5.84. The third-order valence-corrected chi connectivity index (χ3v) is 5.72. The normalized spacial score (nSPS) is 11.4. The summed E-state index contributed by atoms with van der Waals surface area (Å²) in [6.45, 7) is 18.5. The zero-order valence-corrected chi connectivity index (χ0v) is 21.3. The van der Waals surface area contributed by atoms with Gasteiger partial charge < -0.3 is 52.4 Å². The lowest BCUT2D eigenvalue weighted by Gasteiger charge is -2.32. The van der Waals surface area contributed by atoms with E-state index in [1.54, 1.807) is 0 Å². The summed E-state index contributed by atoms with van der Waals surface area (Å²) in [5, 5.41) is 8.35. The molecule has 0 bridgehead atoms. The van der Waals surface area contributed by atoms with Crippen molar-refractivity contribution in [2.75, 3.05) is 66.6 Å². The number of aromatic nitrogens is 2. The predicted molar refractivity (Wildman–Crippen MR) is 102 cm³/mol. The summed E-state index contributed by atoms with van der Waals surface area (Å²) < 4.78 is 13.6. The van der Waals surface area contributed by atoms with Crippen LogP contribution in [0.3, 0.4) is 0 Å². The fourth-order valence-electron chi connectivity index (χ4n) is 2.48. The molecule has 0 amide bonds. The Bertz CT molecular complexity index is 524. The van der Waals surface area contributed by atoms with Crippen molar-refractivity contribution in [1.29, 1.82) is 0 Å². The Balaban J connectivity index is 0. The third kappa shape index (κ3) is 9.54. The number of halogens is 2. The molecule has 0 fully saturated rings. The van der Waals surface area contributed by atoms with Crippen LogP contribution in [-0.4, -0.2) is 85.7 Å². The average Bonchev–Trinajstić information content (AvgIpc) is 2.63. The first kappa shape index (κ1) is 28.8. The molecule has 27 heavy (non-hydrogen) atoms. The minimum atomic E-state index is 0. The lowest BCUT2D eigenvalue weighted by atomic mass is 10.3. The van der Waals surface area contributed by atoms with Gasteiger partial charge in [0, 0.05) is 11.6 Å². The van der Waals surface area contributed by atoms with Crippen molar-refractivity contribution in [2.24, 2.45) is 0 Å². The van der Waals surface area contributed by atoms with Crippen LogP contribution in [0.4, 0.5) is 0 Å². The summed E-state index contributed by atoms with van der Waals surface area (Å²) in [5.74, 6) is 1.18. The van der Waals surface area contributed by atoms with E-state index in [-0.39, 0.29) is 34.0 Å². The van der Waals surface area contributed by atoms with E-state index in [4.69, 9.17) is 9.47 Å². The Morgan fingerprint density at radius 1 is 0.778 bits per heavy atom. The smallest absolute Gasteiger partial charge is 0.236 e. The summed E-state index contributed by atoms with van der Waals surface area (Å²) in [5.41, 5.74) is 0.968. The summed E-state index contributed by atoms with van der Waals surface area (Å²) >= 11 is 0. The first-order valence-electron chi connectivity index (χ1n) is 9.58. The van der Waals surface area contributed by atoms with Crippen molar-refractivity contribution in [3.05, 3.63) is 11.6 Å². The molecule has 8 heteroatoms. The molecular formula is C19H38Br2N4O2. The summed E-state index contributed by atoms with van der Waals surface area (Å²) in [4.78, 5) is 0. The van der Waals surface area contributed by atoms with Crippen molar-refractivity contribution in [3.63, 3.8) is 0 Å². The van der Waals surface area contributed by atoms with E-state index in [9.17, 15) is 0 Å². The van der Waals surface area contributed by atoms with Gasteiger partial charge in [-0.3, -0.25) is 0 Å². The zero-order chi connectivity index (χ0) is 18.9. The second-order valence-corrected chi connectivity index (χ2v) is 7.32. The molecule has 0 saturated heterocycles. The molecule has 1 aromatic heterocycles. The minimum Gasteiger partial charge on any atom is -1.00 e. The van der Waals surface area contributed by atoms with Gasteiger partial charge in [0.15, 0.2) is 0 Å². The van der Waals surface area contributed by atoms with Crippen LogP contribution in [0.15, 0.2) is 6.07 Å². The second-order valence-electron chi connectivity index (χ2n) is 7.32. The van der Waals surface area contributed by atoms with Crippen LogP contribution >= 0.6 is 0 Å². The number of likely N-dealkylation sites (N-methyl/N-ethyl adjacent to an activating group) is 2. The monoisotopic (exact) mass is 512 g/mol. The summed E-state index contributed by atoms with van der Waals surface area (Å²) in [6, 6.07) is 1.91. The molecule has 0 atom stereocenters. The maximum Gasteiger partial charge on any atom is 0.236 e. The molecule has 0 aliphatic carbocycles. The van der Waals surface area contributed by atoms with Gasteiger partial charge in [0.1, 0.15) is 26.3 Å². The molecule has 160 valence electrons. The Morgan fingerprint density at radius 3 is 1.63 bits per heavy atom. The summed E-state index contributed by atoms with van der Waals surface area (Å²) in [6.07, 6.45) is 0. The quantitative estimate of drug-likeness (QED) is 0.272. The van der Waals surface area contributed by atoms with E-state index < -0.39 is 0 Å². The Labute approximate surface area is 187 Å². The van der Waals surface area contributed by atoms with Crippen LogP contribution in [-0.2, 0) is 0 Å². The predicted octanol–water partition coefficient (Wildman–Crippen LogP) is -3.48. The molecule has 0 aliphatic rings.